The Morgan fingerprint density at radius 3 is 2.17 bits per heavy atom. The third-order valence-corrected chi connectivity index (χ3v) is 6.60. The van der Waals surface area contributed by atoms with E-state index in [1.54, 1.807) is 18.7 Å². The lowest BCUT2D eigenvalue weighted by Crippen LogP contribution is -2.51. The van der Waals surface area contributed by atoms with Gasteiger partial charge < -0.3 is 19.3 Å². The number of esters is 1. The normalized spacial score (nSPS) is 24.2. The number of hydrogen-bond acceptors (Lipinski definition) is 6. The Hall–Kier alpha value is -1.83. The molecule has 1 amide bonds. The smallest absolute Gasteiger partial charge is 0.412 e. The van der Waals surface area contributed by atoms with Crippen molar-refractivity contribution in [1.82, 2.24) is 4.90 Å². The molecule has 2 rings (SSSR count). The molecule has 0 aromatic heterocycles. The molecule has 202 valence electrons. The molecule has 0 aromatic rings. The standard InChI is InChI=1S/C27H47NO7/c1-25(2,3)17-19(14-15-21(29)30)33-23(31)22-20(16-18-12-10-9-11-13-18)28(27(7,8)34-22)24(32)35-26(4,5)6/h18-20,22H,9-17H2,1-8H3,(H,29,30)/t19?,20-,22+/m0/s1. The minimum atomic E-state index is -1.05. The maximum atomic E-state index is 13.5. The molecule has 8 nitrogen and oxygen atoms in total. The van der Waals surface area contributed by atoms with Crippen LogP contribution in [0.3, 0.4) is 0 Å². The van der Waals surface area contributed by atoms with Crippen molar-refractivity contribution in [1.29, 1.82) is 0 Å². The fourth-order valence-corrected chi connectivity index (χ4v) is 5.25. The molecule has 1 aliphatic carbocycles. The monoisotopic (exact) mass is 497 g/mol. The molecule has 1 N–H and O–H groups in total. The number of carboxylic acid groups (broad SMARTS) is 1. The van der Waals surface area contributed by atoms with E-state index in [9.17, 15) is 14.4 Å². The third kappa shape index (κ3) is 9.28. The van der Waals surface area contributed by atoms with Gasteiger partial charge in [-0.3, -0.25) is 9.69 Å². The number of hydrogen-bond donors (Lipinski definition) is 1. The highest BCUT2D eigenvalue weighted by atomic mass is 16.6. The number of carboxylic acids is 1. The van der Waals surface area contributed by atoms with Crippen molar-refractivity contribution >= 4 is 18.0 Å². The first-order valence-corrected chi connectivity index (χ1v) is 13.1. The van der Waals surface area contributed by atoms with Crippen molar-refractivity contribution in [3.63, 3.8) is 0 Å². The number of amides is 1. The number of nitrogens with zero attached hydrogens (tertiary/aromatic N) is 1. The summed E-state index contributed by atoms with van der Waals surface area (Å²) < 4.78 is 17.8. The van der Waals surface area contributed by atoms with Crippen molar-refractivity contribution in [3.05, 3.63) is 0 Å². The predicted octanol–water partition coefficient (Wildman–Crippen LogP) is 5.91. The van der Waals surface area contributed by atoms with Gasteiger partial charge in [-0.1, -0.05) is 52.9 Å². The average molecular weight is 498 g/mol. The van der Waals surface area contributed by atoms with Crippen LogP contribution < -0.4 is 0 Å². The van der Waals surface area contributed by atoms with Gasteiger partial charge in [-0.05, 0) is 65.2 Å². The largest absolute Gasteiger partial charge is 0.481 e. The van der Waals surface area contributed by atoms with E-state index in [2.05, 4.69) is 0 Å². The number of ether oxygens (including phenoxy) is 3. The summed E-state index contributed by atoms with van der Waals surface area (Å²) in [5.41, 5.74) is -1.88. The lowest BCUT2D eigenvalue weighted by molar-refractivity contribution is -0.169. The molecule has 0 aromatic carbocycles. The Balaban J connectivity index is 2.30. The zero-order valence-electron chi connectivity index (χ0n) is 23.0. The fraction of sp³-hybridized carbons (Fsp3) is 0.889. The van der Waals surface area contributed by atoms with Crippen LogP contribution in [0.2, 0.25) is 0 Å². The van der Waals surface area contributed by atoms with E-state index in [1.165, 1.54) is 6.42 Å². The molecular weight excluding hydrogens is 450 g/mol. The van der Waals surface area contributed by atoms with Crippen LogP contribution in [0, 0.1) is 11.3 Å². The Labute approximate surface area is 211 Å². The van der Waals surface area contributed by atoms with Gasteiger partial charge in [-0.15, -0.1) is 0 Å². The molecule has 3 atom stereocenters. The first kappa shape index (κ1) is 29.4. The molecule has 1 saturated carbocycles. The summed E-state index contributed by atoms with van der Waals surface area (Å²) >= 11 is 0. The highest BCUT2D eigenvalue weighted by Gasteiger charge is 2.55. The van der Waals surface area contributed by atoms with E-state index in [0.29, 0.717) is 18.8 Å². The van der Waals surface area contributed by atoms with Crippen LogP contribution in [-0.4, -0.2) is 57.6 Å². The van der Waals surface area contributed by atoms with Crippen LogP contribution in [0.5, 0.6) is 0 Å². The summed E-state index contributed by atoms with van der Waals surface area (Å²) in [7, 11) is 0. The van der Waals surface area contributed by atoms with E-state index < -0.39 is 47.6 Å². The topological polar surface area (TPSA) is 102 Å². The molecule has 1 saturated heterocycles. The molecule has 0 radical (unpaired) electrons. The van der Waals surface area contributed by atoms with Gasteiger partial charge >= 0.3 is 18.0 Å². The maximum Gasteiger partial charge on any atom is 0.412 e. The predicted molar refractivity (Wildman–Crippen MR) is 133 cm³/mol. The number of rotatable bonds is 8. The van der Waals surface area contributed by atoms with Gasteiger partial charge in [-0.25, -0.2) is 9.59 Å². The quantitative estimate of drug-likeness (QED) is 0.416. The second-order valence-electron chi connectivity index (χ2n) is 12.9. The van der Waals surface area contributed by atoms with Gasteiger partial charge in [-0.2, -0.15) is 0 Å². The molecule has 1 heterocycles. The number of aliphatic carboxylic acids is 1. The summed E-state index contributed by atoms with van der Waals surface area (Å²) in [5, 5.41) is 9.16. The Morgan fingerprint density at radius 1 is 1.06 bits per heavy atom. The summed E-state index contributed by atoms with van der Waals surface area (Å²) in [6.45, 7) is 15.1. The molecule has 2 aliphatic rings. The molecule has 2 fully saturated rings. The molecule has 0 spiro atoms. The molecular formula is C27H47NO7. The minimum Gasteiger partial charge on any atom is -0.481 e. The van der Waals surface area contributed by atoms with Gasteiger partial charge in [0.15, 0.2) is 6.10 Å². The van der Waals surface area contributed by atoms with Crippen molar-refractivity contribution in [2.45, 2.75) is 143 Å². The van der Waals surface area contributed by atoms with Crippen molar-refractivity contribution in [2.75, 3.05) is 0 Å². The summed E-state index contributed by atoms with van der Waals surface area (Å²) in [5.74, 6) is -1.07. The lowest BCUT2D eigenvalue weighted by Gasteiger charge is -2.36. The van der Waals surface area contributed by atoms with Crippen molar-refractivity contribution in [3.8, 4) is 0 Å². The first-order chi connectivity index (χ1) is 16.0. The zero-order chi connectivity index (χ0) is 26.6. The van der Waals surface area contributed by atoms with E-state index >= 15 is 0 Å². The fourth-order valence-electron chi connectivity index (χ4n) is 5.25. The second kappa shape index (κ2) is 11.5. The van der Waals surface area contributed by atoms with Gasteiger partial charge in [0, 0.05) is 6.42 Å². The van der Waals surface area contributed by atoms with Crippen LogP contribution in [0.15, 0.2) is 0 Å². The van der Waals surface area contributed by atoms with Gasteiger partial charge in [0.25, 0.3) is 0 Å². The molecule has 0 bridgehead atoms. The number of carbonyl (C=O) groups excluding carboxylic acids is 2. The summed E-state index contributed by atoms with van der Waals surface area (Å²) in [6.07, 6.45) is 4.95. The summed E-state index contributed by atoms with van der Waals surface area (Å²) in [4.78, 5) is 39.6. The molecule has 35 heavy (non-hydrogen) atoms. The van der Waals surface area contributed by atoms with Crippen LogP contribution in [-0.2, 0) is 23.8 Å². The Bertz CT molecular complexity index is 744. The maximum absolute atomic E-state index is 13.5. The van der Waals surface area contributed by atoms with Gasteiger partial charge in [0.05, 0.1) is 6.04 Å². The third-order valence-electron chi connectivity index (χ3n) is 6.60. The zero-order valence-corrected chi connectivity index (χ0v) is 23.0. The summed E-state index contributed by atoms with van der Waals surface area (Å²) in [6, 6.07) is -0.509. The SMILES string of the molecule is CC(C)(C)CC(CCC(=O)O)OC(=O)[C@@H]1OC(C)(C)N(C(=O)OC(C)(C)C)[C@H]1CC1CCCCC1. The van der Waals surface area contributed by atoms with E-state index in [0.717, 1.165) is 25.7 Å². The van der Waals surface area contributed by atoms with Crippen LogP contribution in [0.25, 0.3) is 0 Å². The highest BCUT2D eigenvalue weighted by Crippen LogP contribution is 2.40. The minimum absolute atomic E-state index is 0.0828. The van der Waals surface area contributed by atoms with Gasteiger partial charge in [0.2, 0.25) is 0 Å². The van der Waals surface area contributed by atoms with Crippen LogP contribution in [0.1, 0.15) is 113 Å². The Kier molecular flexibility index (Phi) is 9.65. The highest BCUT2D eigenvalue weighted by molar-refractivity contribution is 5.79. The first-order valence-electron chi connectivity index (χ1n) is 13.1. The number of carbonyl (C=O) groups is 3. The molecule has 1 aliphatic heterocycles. The van der Waals surface area contributed by atoms with E-state index in [4.69, 9.17) is 19.3 Å². The van der Waals surface area contributed by atoms with E-state index in [1.807, 2.05) is 41.5 Å². The average Bonchev–Trinajstić information content (AvgIpc) is 2.94. The van der Waals surface area contributed by atoms with Crippen LogP contribution >= 0.6 is 0 Å². The molecule has 1 unspecified atom stereocenters. The molecule has 8 heteroatoms. The van der Waals surface area contributed by atoms with Gasteiger partial charge in [0.1, 0.15) is 17.4 Å². The van der Waals surface area contributed by atoms with Crippen molar-refractivity contribution in [2.24, 2.45) is 11.3 Å². The van der Waals surface area contributed by atoms with Crippen molar-refractivity contribution < 1.29 is 33.7 Å². The van der Waals surface area contributed by atoms with E-state index in [-0.39, 0.29) is 18.3 Å². The lowest BCUT2D eigenvalue weighted by atomic mass is 9.83. The Morgan fingerprint density at radius 2 is 1.66 bits per heavy atom. The van der Waals surface area contributed by atoms with Crippen LogP contribution in [0.4, 0.5) is 4.79 Å². The second-order valence-corrected chi connectivity index (χ2v) is 12.9.